The van der Waals surface area contributed by atoms with Crippen molar-refractivity contribution in [3.05, 3.63) is 24.3 Å². The quantitative estimate of drug-likeness (QED) is 0.850. The number of nitrogens with zero attached hydrogens (tertiary/aromatic N) is 1. The van der Waals surface area contributed by atoms with E-state index in [1.807, 2.05) is 66.7 Å². The van der Waals surface area contributed by atoms with Gasteiger partial charge in [0.15, 0.2) is 0 Å². The zero-order valence-electron chi connectivity index (χ0n) is 15.0. The Balaban J connectivity index is 2.49. The number of carboxylic acid groups (broad SMARTS) is 1. The predicted octanol–water partition coefficient (Wildman–Crippen LogP) is 3.27. The van der Waals surface area contributed by atoms with Crippen molar-refractivity contribution in [2.24, 2.45) is 0 Å². The van der Waals surface area contributed by atoms with Crippen LogP contribution < -0.4 is 10.4 Å². The largest absolute Gasteiger partial charge is 0.496 e. The van der Waals surface area contributed by atoms with Gasteiger partial charge < -0.3 is 14.4 Å². The van der Waals surface area contributed by atoms with E-state index in [1.54, 1.807) is 6.07 Å². The number of rotatable bonds is 2. The monoisotopic (exact) mass is 319 g/mol. The molecular formula is C17H26BNO4. The van der Waals surface area contributed by atoms with Gasteiger partial charge in [-0.15, -0.1) is 0 Å². The van der Waals surface area contributed by atoms with Crippen LogP contribution in [-0.2, 0) is 9.31 Å². The maximum atomic E-state index is 11.8. The summed E-state index contributed by atoms with van der Waals surface area (Å²) in [6.07, 6.45) is -0.999. The minimum Gasteiger partial charge on any atom is -0.465 e. The first-order valence-electron chi connectivity index (χ1n) is 7.84. The lowest BCUT2D eigenvalue weighted by molar-refractivity contribution is 0.00578. The van der Waals surface area contributed by atoms with Crippen LogP contribution in [0.4, 0.5) is 10.5 Å². The van der Waals surface area contributed by atoms with Gasteiger partial charge in [-0.2, -0.15) is 0 Å². The van der Waals surface area contributed by atoms with Gasteiger partial charge in [0.25, 0.3) is 0 Å². The van der Waals surface area contributed by atoms with Gasteiger partial charge in [0.2, 0.25) is 0 Å². The van der Waals surface area contributed by atoms with E-state index < -0.39 is 30.0 Å². The van der Waals surface area contributed by atoms with Crippen molar-refractivity contribution in [2.45, 2.75) is 65.2 Å². The summed E-state index contributed by atoms with van der Waals surface area (Å²) in [5.41, 5.74) is -0.207. The molecule has 0 bridgehead atoms. The topological polar surface area (TPSA) is 59.0 Å². The number of anilines is 1. The molecule has 2 rings (SSSR count). The predicted molar refractivity (Wildman–Crippen MR) is 92.4 cm³/mol. The fourth-order valence-electron chi connectivity index (χ4n) is 2.61. The maximum absolute atomic E-state index is 11.8. The van der Waals surface area contributed by atoms with Crippen molar-refractivity contribution < 1.29 is 19.2 Å². The molecule has 0 unspecified atom stereocenters. The zero-order chi connectivity index (χ0) is 17.6. The minimum atomic E-state index is -0.999. The third-order valence-electron chi connectivity index (χ3n) is 4.55. The Morgan fingerprint density at radius 2 is 1.57 bits per heavy atom. The van der Waals surface area contributed by atoms with E-state index in [4.69, 9.17) is 9.31 Å². The zero-order valence-corrected chi connectivity index (χ0v) is 15.0. The molecule has 0 aromatic heterocycles. The van der Waals surface area contributed by atoms with Gasteiger partial charge in [0.1, 0.15) is 0 Å². The van der Waals surface area contributed by atoms with Crippen molar-refractivity contribution >= 4 is 24.4 Å². The molecule has 1 N–H and O–H groups in total. The lowest BCUT2D eigenvalue weighted by atomic mass is 9.77. The summed E-state index contributed by atoms with van der Waals surface area (Å²) in [5.74, 6) is 0. The van der Waals surface area contributed by atoms with E-state index in [0.29, 0.717) is 5.69 Å². The normalized spacial score (nSPS) is 19.7. The summed E-state index contributed by atoms with van der Waals surface area (Å²) < 4.78 is 12.2. The summed E-state index contributed by atoms with van der Waals surface area (Å²) in [5, 5.41) is 9.68. The van der Waals surface area contributed by atoms with E-state index in [1.165, 1.54) is 4.90 Å². The van der Waals surface area contributed by atoms with Crippen LogP contribution in [0, 0.1) is 0 Å². The number of hydrogen-bond donors (Lipinski definition) is 1. The number of amides is 1. The van der Waals surface area contributed by atoms with Crippen molar-refractivity contribution in [3.8, 4) is 0 Å². The molecule has 126 valence electrons. The highest BCUT2D eigenvalue weighted by Crippen LogP contribution is 2.37. The molecule has 1 aromatic carbocycles. The van der Waals surface area contributed by atoms with Gasteiger partial charge in [-0.25, -0.2) is 4.79 Å². The maximum Gasteiger partial charge on any atom is 0.496 e. The molecule has 0 radical (unpaired) electrons. The van der Waals surface area contributed by atoms with Gasteiger partial charge in [0, 0.05) is 16.7 Å². The van der Waals surface area contributed by atoms with Crippen molar-refractivity contribution in [1.29, 1.82) is 0 Å². The molecule has 0 spiro atoms. The second kappa shape index (κ2) is 5.53. The van der Waals surface area contributed by atoms with Crippen LogP contribution in [0.3, 0.4) is 0 Å². The molecule has 1 aromatic rings. The number of hydrogen-bond acceptors (Lipinski definition) is 3. The second-order valence-electron chi connectivity index (χ2n) is 7.94. The summed E-state index contributed by atoms with van der Waals surface area (Å²) in [7, 11) is -0.597. The van der Waals surface area contributed by atoms with E-state index in [2.05, 4.69) is 0 Å². The van der Waals surface area contributed by atoms with E-state index in [0.717, 1.165) is 5.46 Å². The third kappa shape index (κ3) is 3.24. The molecule has 1 aliphatic rings. The standard InChI is InChI=1S/C17H26BNO4/c1-15(2,3)19(14(20)21)13-11-9-8-10-12(13)18-22-16(4,5)17(6,7)23-18/h8-11H,1-7H3,(H,20,21). The van der Waals surface area contributed by atoms with Crippen LogP contribution in [0.15, 0.2) is 24.3 Å². The molecule has 1 saturated heterocycles. The van der Waals surface area contributed by atoms with Crippen LogP contribution in [0.1, 0.15) is 48.5 Å². The van der Waals surface area contributed by atoms with Gasteiger partial charge in [-0.05, 0) is 54.5 Å². The highest BCUT2D eigenvalue weighted by molar-refractivity contribution is 6.64. The Hall–Kier alpha value is -1.53. The van der Waals surface area contributed by atoms with E-state index >= 15 is 0 Å². The SMILES string of the molecule is CC(C)(C)N(C(=O)O)c1ccccc1B1OC(C)(C)C(C)(C)O1. The summed E-state index contributed by atoms with van der Waals surface area (Å²) in [6, 6.07) is 7.34. The summed E-state index contributed by atoms with van der Waals surface area (Å²) >= 11 is 0. The Labute approximate surface area is 138 Å². The summed E-state index contributed by atoms with van der Waals surface area (Å²) in [6.45, 7) is 13.5. The molecule has 5 nitrogen and oxygen atoms in total. The van der Waals surface area contributed by atoms with Gasteiger partial charge in [0.05, 0.1) is 11.2 Å². The molecule has 1 aliphatic heterocycles. The molecule has 1 heterocycles. The van der Waals surface area contributed by atoms with Gasteiger partial charge in [-0.1, -0.05) is 18.2 Å². The highest BCUT2D eigenvalue weighted by atomic mass is 16.7. The van der Waals surface area contributed by atoms with E-state index in [-0.39, 0.29) is 0 Å². The lowest BCUT2D eigenvalue weighted by Gasteiger charge is -2.34. The van der Waals surface area contributed by atoms with Gasteiger partial charge in [-0.3, -0.25) is 4.90 Å². The van der Waals surface area contributed by atoms with Crippen LogP contribution in [0.5, 0.6) is 0 Å². The fraction of sp³-hybridized carbons (Fsp3) is 0.588. The number of carbonyl (C=O) groups is 1. The Bertz CT molecular complexity index is 591. The van der Waals surface area contributed by atoms with Crippen molar-refractivity contribution in [2.75, 3.05) is 4.90 Å². The van der Waals surface area contributed by atoms with Crippen LogP contribution in [0.2, 0.25) is 0 Å². The Morgan fingerprint density at radius 3 is 2.00 bits per heavy atom. The Kier molecular flexibility index (Phi) is 4.28. The van der Waals surface area contributed by atoms with Crippen molar-refractivity contribution in [1.82, 2.24) is 0 Å². The molecule has 1 amide bonds. The molecular weight excluding hydrogens is 293 g/mol. The van der Waals surface area contributed by atoms with E-state index in [9.17, 15) is 9.90 Å². The fourth-order valence-corrected chi connectivity index (χ4v) is 2.61. The third-order valence-corrected chi connectivity index (χ3v) is 4.55. The average Bonchev–Trinajstić information content (AvgIpc) is 2.56. The molecule has 23 heavy (non-hydrogen) atoms. The van der Waals surface area contributed by atoms with Crippen LogP contribution in [0.25, 0.3) is 0 Å². The minimum absolute atomic E-state index is 0.472. The lowest BCUT2D eigenvalue weighted by Crippen LogP contribution is -2.49. The molecule has 0 saturated carbocycles. The summed E-state index contributed by atoms with van der Waals surface area (Å²) in [4.78, 5) is 13.2. The first kappa shape index (κ1) is 17.8. The Morgan fingerprint density at radius 1 is 1.09 bits per heavy atom. The van der Waals surface area contributed by atoms with Gasteiger partial charge >= 0.3 is 13.2 Å². The average molecular weight is 319 g/mol. The number of para-hydroxylation sites is 1. The van der Waals surface area contributed by atoms with Crippen LogP contribution in [-0.4, -0.2) is 35.1 Å². The molecule has 1 fully saturated rings. The van der Waals surface area contributed by atoms with Crippen LogP contribution >= 0.6 is 0 Å². The smallest absolute Gasteiger partial charge is 0.465 e. The molecule has 0 atom stereocenters. The number of benzene rings is 1. The second-order valence-corrected chi connectivity index (χ2v) is 7.94. The highest BCUT2D eigenvalue weighted by Gasteiger charge is 2.52. The molecule has 0 aliphatic carbocycles. The molecule has 6 heteroatoms. The van der Waals surface area contributed by atoms with Crippen molar-refractivity contribution in [3.63, 3.8) is 0 Å². The first-order valence-corrected chi connectivity index (χ1v) is 7.84. The first-order chi connectivity index (χ1) is 10.4.